The van der Waals surface area contributed by atoms with E-state index in [-0.39, 0.29) is 31.4 Å². The van der Waals surface area contributed by atoms with Gasteiger partial charge >= 0.3 is 12.1 Å². The van der Waals surface area contributed by atoms with Crippen LogP contribution in [0.1, 0.15) is 43.2 Å². The Labute approximate surface area is 192 Å². The van der Waals surface area contributed by atoms with Crippen LogP contribution in [0.3, 0.4) is 0 Å². The van der Waals surface area contributed by atoms with E-state index in [0.29, 0.717) is 0 Å². The van der Waals surface area contributed by atoms with Crippen LogP contribution in [-0.4, -0.2) is 41.8 Å². The molecule has 33 heavy (non-hydrogen) atoms. The highest BCUT2D eigenvalue weighted by molar-refractivity contribution is 5.94. The first kappa shape index (κ1) is 22.4. The van der Waals surface area contributed by atoms with Crippen LogP contribution < -0.4 is 10.6 Å². The summed E-state index contributed by atoms with van der Waals surface area (Å²) in [6.45, 7) is 1.87. The molecular weight excluding hydrogens is 420 g/mol. The zero-order valence-electron chi connectivity index (χ0n) is 18.4. The summed E-state index contributed by atoms with van der Waals surface area (Å²) in [5.74, 6) is 3.60. The van der Waals surface area contributed by atoms with Crippen molar-refractivity contribution in [2.24, 2.45) is 5.92 Å². The molecule has 2 aliphatic carbocycles. The van der Waals surface area contributed by atoms with Crippen LogP contribution >= 0.6 is 0 Å². The lowest BCUT2D eigenvalue weighted by Gasteiger charge is -2.28. The second kappa shape index (κ2) is 9.37. The van der Waals surface area contributed by atoms with Gasteiger partial charge in [0.05, 0.1) is 18.5 Å². The third-order valence-electron chi connectivity index (χ3n) is 6.26. The van der Waals surface area contributed by atoms with Crippen molar-refractivity contribution in [2.45, 2.75) is 37.6 Å². The van der Waals surface area contributed by atoms with E-state index in [9.17, 15) is 14.4 Å². The highest BCUT2D eigenvalue weighted by atomic mass is 16.5. The quantitative estimate of drug-likeness (QED) is 0.566. The van der Waals surface area contributed by atoms with E-state index in [1.165, 1.54) is 0 Å². The van der Waals surface area contributed by atoms with Gasteiger partial charge in [-0.2, -0.15) is 0 Å². The molecule has 0 radical (unpaired) electrons. The van der Waals surface area contributed by atoms with Crippen LogP contribution in [0.15, 0.2) is 48.5 Å². The second-order valence-electron chi connectivity index (χ2n) is 8.70. The van der Waals surface area contributed by atoms with Gasteiger partial charge in [0.15, 0.2) is 0 Å². The zero-order chi connectivity index (χ0) is 23.4. The number of aliphatic carboxylic acids is 1. The smallest absolute Gasteiger partial charge is 0.407 e. The molecule has 170 valence electrons. The summed E-state index contributed by atoms with van der Waals surface area (Å²) >= 11 is 0. The van der Waals surface area contributed by atoms with Crippen molar-refractivity contribution >= 4 is 18.0 Å². The van der Waals surface area contributed by atoms with Crippen LogP contribution in [-0.2, 0) is 14.3 Å². The average molecular weight is 447 g/mol. The second-order valence-corrected chi connectivity index (χ2v) is 8.70. The van der Waals surface area contributed by atoms with E-state index < -0.39 is 23.5 Å². The Kier molecular flexibility index (Phi) is 6.36. The molecule has 0 aliphatic heterocycles. The lowest BCUT2D eigenvalue weighted by Crippen LogP contribution is -2.49. The van der Waals surface area contributed by atoms with E-state index in [1.54, 1.807) is 6.92 Å². The van der Waals surface area contributed by atoms with E-state index in [1.807, 2.05) is 36.4 Å². The standard InChI is InChI=1S/C26H26N2O5/c1-26(15-24(30)31,17-12-13-17)28-23(29)11-6-14-27-25(32)33-16-22-20-9-4-2-7-18(20)19-8-3-5-10-21(19)22/h2-5,7-10,17,22H,12-16H2,1H3,(H,27,32)(H,28,29)(H,30,31). The predicted molar refractivity (Wildman–Crippen MR) is 122 cm³/mol. The monoisotopic (exact) mass is 446 g/mol. The number of carbonyl (C=O) groups is 3. The molecule has 7 nitrogen and oxygen atoms in total. The normalized spacial score (nSPS) is 15.8. The maximum Gasteiger partial charge on any atom is 0.407 e. The van der Waals surface area contributed by atoms with E-state index in [0.717, 1.165) is 35.1 Å². The molecule has 0 saturated heterocycles. The molecule has 0 heterocycles. The third-order valence-corrected chi connectivity index (χ3v) is 6.26. The van der Waals surface area contributed by atoms with Crippen molar-refractivity contribution in [3.8, 4) is 23.0 Å². The first-order chi connectivity index (χ1) is 15.9. The average Bonchev–Trinajstić information content (AvgIpc) is 3.59. The zero-order valence-corrected chi connectivity index (χ0v) is 18.4. The van der Waals surface area contributed by atoms with Crippen LogP contribution in [0.2, 0.25) is 0 Å². The molecule has 2 aromatic rings. The fourth-order valence-corrected chi connectivity index (χ4v) is 4.51. The summed E-state index contributed by atoms with van der Waals surface area (Å²) in [6.07, 6.45) is 1.02. The minimum Gasteiger partial charge on any atom is -0.481 e. The Balaban J connectivity index is 1.27. The van der Waals surface area contributed by atoms with Crippen molar-refractivity contribution in [1.82, 2.24) is 10.6 Å². The Bertz CT molecular complexity index is 1100. The lowest BCUT2D eigenvalue weighted by atomic mass is 9.91. The molecule has 2 aromatic carbocycles. The van der Waals surface area contributed by atoms with Gasteiger partial charge in [0.1, 0.15) is 6.61 Å². The Hall–Kier alpha value is -3.79. The van der Waals surface area contributed by atoms with Gasteiger partial charge in [-0.1, -0.05) is 54.5 Å². The van der Waals surface area contributed by atoms with Gasteiger partial charge in [-0.05, 0) is 53.9 Å². The molecule has 3 N–H and O–H groups in total. The van der Waals surface area contributed by atoms with Crippen molar-refractivity contribution in [3.63, 3.8) is 0 Å². The minimum absolute atomic E-state index is 0.0330. The predicted octanol–water partition coefficient (Wildman–Crippen LogP) is 3.29. The molecule has 1 atom stereocenters. The molecule has 4 rings (SSSR count). The highest BCUT2D eigenvalue weighted by Gasteiger charge is 2.43. The van der Waals surface area contributed by atoms with Gasteiger partial charge in [-0.15, -0.1) is 0 Å². The van der Waals surface area contributed by atoms with Gasteiger partial charge in [0.2, 0.25) is 0 Å². The Morgan fingerprint density at radius 3 is 2.24 bits per heavy atom. The number of nitrogens with one attached hydrogen (secondary N) is 2. The van der Waals surface area contributed by atoms with Crippen LogP contribution in [0, 0.1) is 17.8 Å². The van der Waals surface area contributed by atoms with Crippen LogP contribution in [0.25, 0.3) is 11.1 Å². The number of carboxylic acids is 1. The number of alkyl carbamates (subject to hydrolysis) is 1. The van der Waals surface area contributed by atoms with Crippen LogP contribution in [0.5, 0.6) is 0 Å². The number of carbonyl (C=O) groups excluding carboxylic acids is 2. The molecule has 0 spiro atoms. The fraction of sp³-hybridized carbons (Fsp3) is 0.346. The highest BCUT2D eigenvalue weighted by Crippen LogP contribution is 2.44. The lowest BCUT2D eigenvalue weighted by molar-refractivity contribution is -0.139. The molecule has 1 fully saturated rings. The van der Waals surface area contributed by atoms with Crippen molar-refractivity contribution in [1.29, 1.82) is 0 Å². The summed E-state index contributed by atoms with van der Waals surface area (Å²) in [5.41, 5.74) is 3.75. The molecule has 2 aliphatic rings. The SMILES string of the molecule is CC(CC(=O)O)(NC(=O)C#CCNC(=O)OCC1c2ccccc2-c2ccccc21)C1CC1. The number of fused-ring (bicyclic) bond motifs is 3. The number of rotatable bonds is 7. The fourth-order valence-electron chi connectivity index (χ4n) is 4.51. The third kappa shape index (κ3) is 5.17. The van der Waals surface area contributed by atoms with Gasteiger partial charge in [0, 0.05) is 5.92 Å². The van der Waals surface area contributed by atoms with Crippen molar-refractivity contribution in [3.05, 3.63) is 59.7 Å². The van der Waals surface area contributed by atoms with Crippen molar-refractivity contribution in [2.75, 3.05) is 13.2 Å². The number of carboxylic acid groups (broad SMARTS) is 1. The summed E-state index contributed by atoms with van der Waals surface area (Å²) < 4.78 is 5.43. The number of ether oxygens (including phenoxy) is 1. The van der Waals surface area contributed by atoms with Gasteiger partial charge < -0.3 is 20.5 Å². The number of benzene rings is 2. The molecule has 1 unspecified atom stereocenters. The number of amides is 2. The van der Waals surface area contributed by atoms with E-state index in [2.05, 4.69) is 34.6 Å². The molecular formula is C26H26N2O5. The van der Waals surface area contributed by atoms with Gasteiger partial charge in [-0.3, -0.25) is 9.59 Å². The molecule has 0 aromatic heterocycles. The summed E-state index contributed by atoms with van der Waals surface area (Å²) in [5, 5.41) is 14.4. The van der Waals surface area contributed by atoms with E-state index in [4.69, 9.17) is 9.84 Å². The molecule has 0 bridgehead atoms. The maximum absolute atomic E-state index is 12.1. The van der Waals surface area contributed by atoms with Crippen molar-refractivity contribution < 1.29 is 24.2 Å². The van der Waals surface area contributed by atoms with Gasteiger partial charge in [-0.25, -0.2) is 4.79 Å². The van der Waals surface area contributed by atoms with Crippen LogP contribution in [0.4, 0.5) is 4.79 Å². The van der Waals surface area contributed by atoms with E-state index >= 15 is 0 Å². The summed E-state index contributed by atoms with van der Waals surface area (Å²) in [7, 11) is 0. The minimum atomic E-state index is -0.963. The van der Waals surface area contributed by atoms with Gasteiger partial charge in [0.25, 0.3) is 5.91 Å². The summed E-state index contributed by atoms with van der Waals surface area (Å²) in [6, 6.07) is 16.2. The largest absolute Gasteiger partial charge is 0.481 e. The first-order valence-corrected chi connectivity index (χ1v) is 11.0. The molecule has 1 saturated carbocycles. The molecule has 7 heteroatoms. The number of hydrogen-bond acceptors (Lipinski definition) is 4. The summed E-state index contributed by atoms with van der Waals surface area (Å²) in [4.78, 5) is 35.4. The topological polar surface area (TPSA) is 105 Å². The maximum atomic E-state index is 12.1. The number of hydrogen-bond donors (Lipinski definition) is 3. The molecule has 2 amide bonds. The first-order valence-electron chi connectivity index (χ1n) is 11.0. The Morgan fingerprint density at radius 2 is 1.67 bits per heavy atom. The Morgan fingerprint density at radius 1 is 1.06 bits per heavy atom.